The van der Waals surface area contributed by atoms with Gasteiger partial charge in [0.25, 0.3) is 5.56 Å². The normalized spacial score (nSPS) is 10.8. The van der Waals surface area contributed by atoms with Crippen LogP contribution in [0.15, 0.2) is 46.7 Å². The first kappa shape index (κ1) is 11.9. The Morgan fingerprint density at radius 2 is 2.21 bits per heavy atom. The van der Waals surface area contributed by atoms with E-state index in [0.29, 0.717) is 6.54 Å². The zero-order valence-corrected chi connectivity index (χ0v) is 11.3. The van der Waals surface area contributed by atoms with E-state index in [1.807, 2.05) is 49.0 Å². The summed E-state index contributed by atoms with van der Waals surface area (Å²) in [6, 6.07) is 9.60. The van der Waals surface area contributed by atoms with Gasteiger partial charge in [-0.1, -0.05) is 6.07 Å². The van der Waals surface area contributed by atoms with E-state index in [4.69, 9.17) is 0 Å². The van der Waals surface area contributed by atoms with Gasteiger partial charge in [0.1, 0.15) is 5.82 Å². The second-order valence-electron chi connectivity index (χ2n) is 4.21. The van der Waals surface area contributed by atoms with Crippen LogP contribution in [-0.4, -0.2) is 16.6 Å². The van der Waals surface area contributed by atoms with Crippen molar-refractivity contribution in [2.24, 2.45) is 0 Å². The van der Waals surface area contributed by atoms with E-state index in [9.17, 15) is 4.79 Å². The van der Waals surface area contributed by atoms with E-state index in [1.54, 1.807) is 15.9 Å². The van der Waals surface area contributed by atoms with Crippen LogP contribution in [0, 0.1) is 0 Å². The molecule has 0 aliphatic carbocycles. The van der Waals surface area contributed by atoms with Crippen LogP contribution in [0.1, 0.15) is 5.69 Å². The highest BCUT2D eigenvalue weighted by atomic mass is 32.1. The first-order valence-electron chi connectivity index (χ1n) is 5.98. The number of hydrogen-bond acceptors (Lipinski definition) is 4. The molecule has 1 N–H and O–H groups in total. The summed E-state index contributed by atoms with van der Waals surface area (Å²) in [5.41, 5.74) is 0.902. The Morgan fingerprint density at radius 3 is 3.05 bits per heavy atom. The van der Waals surface area contributed by atoms with Gasteiger partial charge in [-0.3, -0.25) is 4.79 Å². The van der Waals surface area contributed by atoms with E-state index in [2.05, 4.69) is 10.3 Å². The fraction of sp³-hybridized carbons (Fsp3) is 0.143. The lowest BCUT2D eigenvalue weighted by molar-refractivity contribution is 0.748. The summed E-state index contributed by atoms with van der Waals surface area (Å²) in [6.45, 7) is 0.486. The van der Waals surface area contributed by atoms with Crippen molar-refractivity contribution >= 4 is 27.2 Å². The first-order chi connectivity index (χ1) is 9.28. The molecule has 3 heterocycles. The smallest absolute Gasteiger partial charge is 0.259 e. The summed E-state index contributed by atoms with van der Waals surface area (Å²) in [7, 11) is 1.83. The summed E-state index contributed by atoms with van der Waals surface area (Å²) in [5, 5.41) is 5.71. The molecule has 0 spiro atoms. The lowest BCUT2D eigenvalue weighted by atomic mass is 10.3. The van der Waals surface area contributed by atoms with Crippen LogP contribution < -0.4 is 10.9 Å². The standard InChI is InChI=1S/C14H13N3OS/c1-15-13-4-2-3-10(16-13)9-17-7-5-12-11(14(17)18)6-8-19-12/h2-8H,9H2,1H3,(H,15,16). The van der Waals surface area contributed by atoms with Gasteiger partial charge in [-0.25, -0.2) is 4.98 Å². The Bertz CT molecular complexity index is 775. The van der Waals surface area contributed by atoms with Crippen LogP contribution in [0.25, 0.3) is 10.1 Å². The molecule has 0 radical (unpaired) electrons. The molecule has 0 saturated carbocycles. The summed E-state index contributed by atoms with van der Waals surface area (Å²) in [5.74, 6) is 0.808. The van der Waals surface area contributed by atoms with Gasteiger partial charge in [0, 0.05) is 17.9 Å². The quantitative estimate of drug-likeness (QED) is 0.796. The van der Waals surface area contributed by atoms with Crippen molar-refractivity contribution in [3.8, 4) is 0 Å². The third-order valence-corrected chi connectivity index (χ3v) is 3.87. The second-order valence-corrected chi connectivity index (χ2v) is 5.16. The molecule has 19 heavy (non-hydrogen) atoms. The monoisotopic (exact) mass is 271 g/mol. The number of fused-ring (bicyclic) bond motifs is 1. The van der Waals surface area contributed by atoms with Gasteiger partial charge < -0.3 is 9.88 Å². The molecule has 3 aromatic heterocycles. The Labute approximate surface area is 114 Å². The molecular weight excluding hydrogens is 258 g/mol. The van der Waals surface area contributed by atoms with Gasteiger partial charge in [-0.2, -0.15) is 0 Å². The minimum atomic E-state index is 0.0374. The van der Waals surface area contributed by atoms with Gasteiger partial charge in [0.05, 0.1) is 17.6 Å². The fourth-order valence-electron chi connectivity index (χ4n) is 2.01. The maximum Gasteiger partial charge on any atom is 0.259 e. The number of aromatic nitrogens is 2. The minimum Gasteiger partial charge on any atom is -0.373 e. The van der Waals surface area contributed by atoms with Crippen molar-refractivity contribution in [1.29, 1.82) is 0 Å². The first-order valence-corrected chi connectivity index (χ1v) is 6.86. The third kappa shape index (κ3) is 2.24. The highest BCUT2D eigenvalue weighted by Crippen LogP contribution is 2.16. The number of hydrogen-bond donors (Lipinski definition) is 1. The van der Waals surface area contributed by atoms with E-state index >= 15 is 0 Å². The Kier molecular flexibility index (Phi) is 3.05. The highest BCUT2D eigenvalue weighted by Gasteiger charge is 2.05. The minimum absolute atomic E-state index is 0.0374. The van der Waals surface area contributed by atoms with E-state index in [1.165, 1.54) is 0 Å². The van der Waals surface area contributed by atoms with E-state index in [0.717, 1.165) is 21.6 Å². The van der Waals surface area contributed by atoms with Crippen molar-refractivity contribution in [3.63, 3.8) is 0 Å². The van der Waals surface area contributed by atoms with Crippen LogP contribution in [-0.2, 0) is 6.54 Å². The number of rotatable bonds is 3. The lowest BCUT2D eigenvalue weighted by Crippen LogP contribution is -2.20. The molecule has 0 aromatic carbocycles. The summed E-state index contributed by atoms with van der Waals surface area (Å²) >= 11 is 1.58. The van der Waals surface area contributed by atoms with Gasteiger partial charge in [-0.15, -0.1) is 11.3 Å². The maximum atomic E-state index is 12.3. The van der Waals surface area contributed by atoms with Crippen molar-refractivity contribution in [3.05, 3.63) is 58.0 Å². The summed E-state index contributed by atoms with van der Waals surface area (Å²) in [4.78, 5) is 16.7. The van der Waals surface area contributed by atoms with Gasteiger partial charge >= 0.3 is 0 Å². The number of anilines is 1. The van der Waals surface area contributed by atoms with Gasteiger partial charge in [-0.05, 0) is 29.6 Å². The highest BCUT2D eigenvalue weighted by molar-refractivity contribution is 7.17. The number of pyridine rings is 2. The lowest BCUT2D eigenvalue weighted by Gasteiger charge is -2.07. The van der Waals surface area contributed by atoms with Gasteiger partial charge in [0.2, 0.25) is 0 Å². The molecule has 0 aliphatic rings. The molecule has 0 unspecified atom stereocenters. The molecule has 4 nitrogen and oxygen atoms in total. The molecule has 0 fully saturated rings. The van der Waals surface area contributed by atoms with Crippen molar-refractivity contribution in [2.75, 3.05) is 12.4 Å². The van der Waals surface area contributed by atoms with Crippen LogP contribution in [0.2, 0.25) is 0 Å². The summed E-state index contributed by atoms with van der Waals surface area (Å²) < 4.78 is 2.72. The largest absolute Gasteiger partial charge is 0.373 e. The Balaban J connectivity index is 2.00. The average Bonchev–Trinajstić information content (AvgIpc) is 2.91. The van der Waals surface area contributed by atoms with Crippen LogP contribution in [0.5, 0.6) is 0 Å². The fourth-order valence-corrected chi connectivity index (χ4v) is 2.79. The SMILES string of the molecule is CNc1cccc(Cn2ccc3sccc3c2=O)n1. The van der Waals surface area contributed by atoms with Gasteiger partial charge in [0.15, 0.2) is 0 Å². The topological polar surface area (TPSA) is 46.9 Å². The second kappa shape index (κ2) is 4.85. The van der Waals surface area contributed by atoms with E-state index < -0.39 is 0 Å². The van der Waals surface area contributed by atoms with E-state index in [-0.39, 0.29) is 5.56 Å². The molecule has 0 saturated heterocycles. The molecule has 0 atom stereocenters. The van der Waals surface area contributed by atoms with Crippen LogP contribution in [0.4, 0.5) is 5.82 Å². The maximum absolute atomic E-state index is 12.3. The van der Waals surface area contributed by atoms with Crippen molar-refractivity contribution < 1.29 is 0 Å². The molecule has 96 valence electrons. The predicted octanol–water partition coefficient (Wildman–Crippen LogP) is 2.55. The summed E-state index contributed by atoms with van der Waals surface area (Å²) in [6.07, 6.45) is 1.83. The Morgan fingerprint density at radius 1 is 1.32 bits per heavy atom. The number of nitrogens with one attached hydrogen (secondary N) is 1. The zero-order chi connectivity index (χ0) is 13.2. The molecule has 0 amide bonds. The van der Waals surface area contributed by atoms with Crippen LogP contribution in [0.3, 0.4) is 0 Å². The van der Waals surface area contributed by atoms with Crippen molar-refractivity contribution in [1.82, 2.24) is 9.55 Å². The molecule has 3 aromatic rings. The number of thiophene rings is 1. The predicted molar refractivity (Wildman–Crippen MR) is 79.0 cm³/mol. The third-order valence-electron chi connectivity index (χ3n) is 2.99. The number of nitrogens with zero attached hydrogens (tertiary/aromatic N) is 2. The molecular formula is C14H13N3OS. The average molecular weight is 271 g/mol. The van der Waals surface area contributed by atoms with Crippen molar-refractivity contribution in [2.45, 2.75) is 6.54 Å². The zero-order valence-electron chi connectivity index (χ0n) is 10.5. The molecule has 3 rings (SSSR count). The molecule has 0 bridgehead atoms. The molecule has 5 heteroatoms. The molecule has 0 aliphatic heterocycles. The Hall–Kier alpha value is -2.14. The van der Waals surface area contributed by atoms with Crippen LogP contribution >= 0.6 is 11.3 Å².